The largest absolute Gasteiger partial charge is 0.452 e. The minimum atomic E-state index is -0.782. The molecule has 34 heavy (non-hydrogen) atoms. The number of carbonyl (C=O) groups is 3. The number of hydrogen-bond acceptors (Lipinski definition) is 5. The summed E-state index contributed by atoms with van der Waals surface area (Å²) in [6, 6.07) is 13.1. The lowest BCUT2D eigenvalue weighted by Gasteiger charge is -2.16. The molecule has 3 rings (SSSR count). The van der Waals surface area contributed by atoms with Crippen LogP contribution in [0.25, 0.3) is 0 Å². The van der Waals surface area contributed by atoms with Crippen molar-refractivity contribution in [2.24, 2.45) is 0 Å². The number of anilines is 1. The van der Waals surface area contributed by atoms with E-state index in [2.05, 4.69) is 10.4 Å². The molecule has 0 spiro atoms. The fourth-order valence-electron chi connectivity index (χ4n) is 3.10. The second kappa shape index (κ2) is 10.9. The molecule has 0 aliphatic carbocycles. The first kappa shape index (κ1) is 24.9. The maximum absolute atomic E-state index is 13.0. The summed E-state index contributed by atoms with van der Waals surface area (Å²) < 4.78 is 19.6. The quantitative estimate of drug-likeness (QED) is 0.491. The number of nitrogens with one attached hydrogen (secondary N) is 1. The van der Waals surface area contributed by atoms with Crippen molar-refractivity contribution in [2.75, 3.05) is 25.5 Å². The molecule has 2 aromatic carbocycles. The Morgan fingerprint density at radius 1 is 1.09 bits per heavy atom. The van der Waals surface area contributed by atoms with Gasteiger partial charge in [0, 0.05) is 12.7 Å². The van der Waals surface area contributed by atoms with Gasteiger partial charge in [0.25, 0.3) is 5.91 Å². The molecule has 0 radical (unpaired) electrons. The van der Waals surface area contributed by atoms with Crippen molar-refractivity contribution < 1.29 is 23.5 Å². The summed E-state index contributed by atoms with van der Waals surface area (Å²) in [5.74, 6) is -2.27. The second-order valence-electron chi connectivity index (χ2n) is 7.78. The van der Waals surface area contributed by atoms with E-state index in [9.17, 15) is 18.8 Å². The lowest BCUT2D eigenvalue weighted by molar-refractivity contribution is -0.136. The highest BCUT2D eigenvalue weighted by Crippen LogP contribution is 2.22. The number of amides is 2. The third-order valence-corrected chi connectivity index (χ3v) is 5.37. The van der Waals surface area contributed by atoms with E-state index in [1.807, 2.05) is 31.2 Å². The van der Waals surface area contributed by atoms with Crippen molar-refractivity contribution in [3.63, 3.8) is 0 Å². The van der Waals surface area contributed by atoms with E-state index in [4.69, 9.17) is 16.3 Å². The van der Waals surface area contributed by atoms with Gasteiger partial charge in [0.2, 0.25) is 5.91 Å². The van der Waals surface area contributed by atoms with Crippen LogP contribution in [0.5, 0.6) is 0 Å². The smallest absolute Gasteiger partial charge is 0.343 e. The summed E-state index contributed by atoms with van der Waals surface area (Å²) in [5, 5.41) is 6.97. The van der Waals surface area contributed by atoms with Crippen LogP contribution in [0.1, 0.15) is 27.2 Å². The Balaban J connectivity index is 1.54. The monoisotopic (exact) mass is 486 g/mol. The van der Waals surface area contributed by atoms with Crippen molar-refractivity contribution in [3.05, 3.63) is 81.9 Å². The molecule has 1 aromatic heterocycles. The summed E-state index contributed by atoms with van der Waals surface area (Å²) in [6.45, 7) is 3.14. The molecule has 0 fully saturated rings. The number of rotatable bonds is 8. The molecule has 1 N–H and O–H groups in total. The number of carbonyl (C=O) groups excluding carboxylic acids is 3. The summed E-state index contributed by atoms with van der Waals surface area (Å²) in [6.07, 6.45) is 0. The van der Waals surface area contributed by atoms with Crippen molar-refractivity contribution >= 4 is 35.1 Å². The first-order chi connectivity index (χ1) is 16.1. The van der Waals surface area contributed by atoms with Crippen LogP contribution in [0.4, 0.5) is 10.1 Å². The third kappa shape index (κ3) is 6.41. The number of halogens is 2. The molecular formula is C24H24ClFN4O4. The number of ether oxygens (including phenoxy) is 1. The van der Waals surface area contributed by atoms with Gasteiger partial charge in [-0.05, 0) is 43.7 Å². The summed E-state index contributed by atoms with van der Waals surface area (Å²) in [4.78, 5) is 38.1. The van der Waals surface area contributed by atoms with Gasteiger partial charge in [-0.1, -0.05) is 41.4 Å². The molecule has 178 valence electrons. The number of nitrogens with zero attached hydrogens (tertiary/aromatic N) is 3. The van der Waals surface area contributed by atoms with Crippen LogP contribution in [-0.2, 0) is 20.9 Å². The van der Waals surface area contributed by atoms with Gasteiger partial charge in [-0.25, -0.2) is 13.9 Å². The molecule has 0 saturated heterocycles. The highest BCUT2D eigenvalue weighted by Gasteiger charge is 2.23. The van der Waals surface area contributed by atoms with Gasteiger partial charge in [0.05, 0.1) is 18.8 Å². The minimum Gasteiger partial charge on any atom is -0.452 e. The van der Waals surface area contributed by atoms with Crippen molar-refractivity contribution in [1.29, 1.82) is 0 Å². The van der Waals surface area contributed by atoms with E-state index in [0.717, 1.165) is 16.0 Å². The van der Waals surface area contributed by atoms with Gasteiger partial charge >= 0.3 is 5.97 Å². The molecule has 0 aliphatic rings. The van der Waals surface area contributed by atoms with Crippen LogP contribution in [-0.4, -0.2) is 52.7 Å². The van der Waals surface area contributed by atoms with E-state index in [-0.39, 0.29) is 17.3 Å². The molecular weight excluding hydrogens is 463 g/mol. The molecule has 2 amide bonds. The first-order valence-electron chi connectivity index (χ1n) is 10.4. The van der Waals surface area contributed by atoms with E-state index in [1.54, 1.807) is 6.92 Å². The summed E-state index contributed by atoms with van der Waals surface area (Å²) in [5.41, 5.74) is 2.94. The molecule has 0 aliphatic heterocycles. The Bertz CT molecular complexity index is 1190. The van der Waals surface area contributed by atoms with Gasteiger partial charge in [-0.2, -0.15) is 5.10 Å². The summed E-state index contributed by atoms with van der Waals surface area (Å²) >= 11 is 6.37. The maximum Gasteiger partial charge on any atom is 0.343 e. The molecule has 10 heteroatoms. The van der Waals surface area contributed by atoms with E-state index in [1.165, 1.54) is 36.0 Å². The van der Waals surface area contributed by atoms with E-state index < -0.39 is 30.2 Å². The van der Waals surface area contributed by atoms with Crippen molar-refractivity contribution in [3.8, 4) is 0 Å². The normalized spacial score (nSPS) is 10.6. The zero-order chi connectivity index (χ0) is 24.8. The number of esters is 1. The predicted molar refractivity (Wildman–Crippen MR) is 125 cm³/mol. The highest BCUT2D eigenvalue weighted by molar-refractivity contribution is 6.32. The minimum absolute atomic E-state index is 0.0817. The van der Waals surface area contributed by atoms with Crippen LogP contribution >= 0.6 is 11.6 Å². The average molecular weight is 487 g/mol. The number of benzene rings is 2. The van der Waals surface area contributed by atoms with Crippen LogP contribution in [0.3, 0.4) is 0 Å². The van der Waals surface area contributed by atoms with E-state index in [0.29, 0.717) is 17.9 Å². The molecule has 8 nitrogen and oxygen atoms in total. The number of hydrogen-bond donors (Lipinski definition) is 1. The molecule has 0 saturated carbocycles. The number of aromatic nitrogens is 2. The van der Waals surface area contributed by atoms with Crippen molar-refractivity contribution in [1.82, 2.24) is 14.7 Å². The fraction of sp³-hybridized carbons (Fsp3) is 0.250. The van der Waals surface area contributed by atoms with Gasteiger partial charge in [-0.15, -0.1) is 0 Å². The van der Waals surface area contributed by atoms with E-state index >= 15 is 0 Å². The van der Waals surface area contributed by atoms with Gasteiger partial charge in [0.15, 0.2) is 6.61 Å². The predicted octanol–water partition coefficient (Wildman–Crippen LogP) is 3.59. The lowest BCUT2D eigenvalue weighted by atomic mass is 10.1. The lowest BCUT2D eigenvalue weighted by Crippen LogP contribution is -2.37. The second-order valence-corrected chi connectivity index (χ2v) is 8.13. The van der Waals surface area contributed by atoms with Gasteiger partial charge in [0.1, 0.15) is 16.5 Å². The Hall–Kier alpha value is -3.72. The SMILES string of the molecule is Cc1ccc(Cn2nc(C)c(C(=O)OCC(=O)N(C)CC(=O)Nc3ccc(F)cc3)c2Cl)cc1. The van der Waals surface area contributed by atoms with Crippen LogP contribution in [0.2, 0.25) is 5.15 Å². The molecule has 0 atom stereocenters. The average Bonchev–Trinajstić information content (AvgIpc) is 3.07. The molecule has 1 heterocycles. The molecule has 3 aromatic rings. The highest BCUT2D eigenvalue weighted by atomic mass is 35.5. The standard InChI is InChI=1S/C24H24ClFN4O4/c1-15-4-6-17(7-5-15)12-30-23(25)22(16(2)28-30)24(33)34-14-21(32)29(3)13-20(31)27-19-10-8-18(26)9-11-19/h4-11H,12-14H2,1-3H3,(H,27,31). The zero-order valence-electron chi connectivity index (χ0n) is 19.0. The number of aryl methyl sites for hydroxylation is 2. The van der Waals surface area contributed by atoms with Gasteiger partial charge in [-0.3, -0.25) is 9.59 Å². The van der Waals surface area contributed by atoms with Crippen LogP contribution in [0.15, 0.2) is 48.5 Å². The topological polar surface area (TPSA) is 93.5 Å². The maximum atomic E-state index is 13.0. The molecule has 0 unspecified atom stereocenters. The Morgan fingerprint density at radius 2 is 1.74 bits per heavy atom. The Kier molecular flexibility index (Phi) is 8.01. The first-order valence-corrected chi connectivity index (χ1v) is 10.8. The van der Waals surface area contributed by atoms with Gasteiger partial charge < -0.3 is 15.0 Å². The van der Waals surface area contributed by atoms with Crippen LogP contribution in [0, 0.1) is 19.7 Å². The third-order valence-electron chi connectivity index (χ3n) is 4.98. The fourth-order valence-corrected chi connectivity index (χ4v) is 3.41. The Labute approximate surface area is 201 Å². The van der Waals surface area contributed by atoms with Crippen LogP contribution < -0.4 is 5.32 Å². The Morgan fingerprint density at radius 3 is 2.38 bits per heavy atom. The number of likely N-dealkylation sites (N-methyl/N-ethyl adjacent to an activating group) is 1. The molecule has 0 bridgehead atoms. The van der Waals surface area contributed by atoms with Crippen molar-refractivity contribution in [2.45, 2.75) is 20.4 Å². The zero-order valence-corrected chi connectivity index (χ0v) is 19.7. The summed E-state index contributed by atoms with van der Waals surface area (Å²) in [7, 11) is 1.40.